The largest absolute Gasteiger partial charge is 0.313 e. The average molecular weight is 380 g/mol. The van der Waals surface area contributed by atoms with Crippen LogP contribution in [0.2, 0.25) is 0 Å². The van der Waals surface area contributed by atoms with Gasteiger partial charge < -0.3 is 5.32 Å². The number of rotatable bonds is 3. The van der Waals surface area contributed by atoms with Crippen LogP contribution in [-0.4, -0.2) is 7.05 Å². The summed E-state index contributed by atoms with van der Waals surface area (Å²) in [7, 11) is 2.06. The van der Waals surface area contributed by atoms with Gasteiger partial charge in [-0.25, -0.2) is 0 Å². The third-order valence-corrected chi connectivity index (χ3v) is 4.62. The molecule has 1 atom stereocenters. The van der Waals surface area contributed by atoms with Crippen LogP contribution in [0.25, 0.3) is 0 Å². The second-order valence-corrected chi connectivity index (χ2v) is 6.22. The quantitative estimate of drug-likeness (QED) is 0.779. The van der Waals surface area contributed by atoms with Gasteiger partial charge in [0.15, 0.2) is 0 Å². The average Bonchev–Trinajstić information content (AvgIpc) is 2.15. The summed E-state index contributed by atoms with van der Waals surface area (Å²) >= 11 is 6.03. The molecule has 0 amide bonds. The minimum Gasteiger partial charge on any atom is -0.313 e. The maximum absolute atomic E-state index is 3.65. The van der Waals surface area contributed by atoms with Crippen molar-refractivity contribution in [1.82, 2.24) is 5.32 Å². The Morgan fingerprint density at radius 2 is 2.20 bits per heavy atom. The highest BCUT2D eigenvalue weighted by Crippen LogP contribution is 2.40. The van der Waals surface area contributed by atoms with E-state index in [9.17, 15) is 0 Å². The normalized spacial score (nSPS) is 18.6. The van der Waals surface area contributed by atoms with Gasteiger partial charge in [0.2, 0.25) is 0 Å². The van der Waals surface area contributed by atoms with Crippen LogP contribution in [0.4, 0.5) is 0 Å². The summed E-state index contributed by atoms with van der Waals surface area (Å²) in [5, 5.41) is 3.46. The summed E-state index contributed by atoms with van der Waals surface area (Å²) in [4.78, 5) is 0. The zero-order valence-corrected chi connectivity index (χ0v) is 12.5. The van der Waals surface area contributed by atoms with E-state index < -0.39 is 0 Å². The number of hydrogen-bond donors (Lipinski definition) is 1. The fraction of sp³-hybridized carbons (Fsp3) is 0.500. The highest BCUT2D eigenvalue weighted by atomic mass is 127. The van der Waals surface area contributed by atoms with Crippen molar-refractivity contribution in [3.8, 4) is 0 Å². The predicted molar refractivity (Wildman–Crippen MR) is 76.0 cm³/mol. The van der Waals surface area contributed by atoms with Crippen LogP contribution in [0.15, 0.2) is 22.7 Å². The Balaban J connectivity index is 2.28. The Morgan fingerprint density at radius 3 is 2.73 bits per heavy atom. The maximum Gasteiger partial charge on any atom is 0.0357 e. The Morgan fingerprint density at radius 1 is 1.47 bits per heavy atom. The van der Waals surface area contributed by atoms with Gasteiger partial charge in [0.05, 0.1) is 0 Å². The van der Waals surface area contributed by atoms with E-state index in [0.717, 1.165) is 5.92 Å². The molecule has 0 aliphatic heterocycles. The first-order valence-corrected chi connectivity index (χ1v) is 7.21. The van der Waals surface area contributed by atoms with Crippen LogP contribution in [0.5, 0.6) is 0 Å². The van der Waals surface area contributed by atoms with Crippen molar-refractivity contribution in [2.24, 2.45) is 5.92 Å². The molecule has 1 aromatic carbocycles. The summed E-state index contributed by atoms with van der Waals surface area (Å²) in [6.45, 7) is 0. The van der Waals surface area contributed by atoms with Crippen molar-refractivity contribution in [2.45, 2.75) is 25.3 Å². The highest BCUT2D eigenvalue weighted by molar-refractivity contribution is 14.1. The molecule has 82 valence electrons. The fourth-order valence-corrected chi connectivity index (χ4v) is 3.18. The lowest BCUT2D eigenvalue weighted by atomic mass is 9.77. The first-order chi connectivity index (χ1) is 7.22. The molecule has 0 radical (unpaired) electrons. The molecule has 3 heteroatoms. The standard InChI is InChI=1S/C12H15BrIN/c1-15-12(8-3-2-4-8)10-7-9(14)5-6-11(10)13/h5-8,12,15H,2-4H2,1H3. The van der Waals surface area contributed by atoms with Gasteiger partial charge in [0, 0.05) is 14.1 Å². The molecule has 1 aromatic rings. The molecule has 0 spiro atoms. The molecular weight excluding hydrogens is 365 g/mol. The van der Waals surface area contributed by atoms with Gasteiger partial charge in [0.1, 0.15) is 0 Å². The second kappa shape index (κ2) is 5.15. The van der Waals surface area contributed by atoms with Crippen LogP contribution in [0.1, 0.15) is 30.9 Å². The lowest BCUT2D eigenvalue weighted by molar-refractivity contribution is 0.239. The lowest BCUT2D eigenvalue weighted by Crippen LogP contribution is -2.30. The Bertz CT molecular complexity index is 349. The second-order valence-electron chi connectivity index (χ2n) is 4.12. The van der Waals surface area contributed by atoms with E-state index in [-0.39, 0.29) is 0 Å². The van der Waals surface area contributed by atoms with E-state index in [1.54, 1.807) is 0 Å². The number of benzene rings is 1. The molecule has 0 heterocycles. The van der Waals surface area contributed by atoms with Gasteiger partial charge in [-0.05, 0) is 72.2 Å². The minimum absolute atomic E-state index is 0.517. The number of halogens is 2. The van der Waals surface area contributed by atoms with Gasteiger partial charge in [0.25, 0.3) is 0 Å². The lowest BCUT2D eigenvalue weighted by Gasteiger charge is -2.34. The van der Waals surface area contributed by atoms with E-state index >= 15 is 0 Å². The molecule has 0 bridgehead atoms. The van der Waals surface area contributed by atoms with Crippen LogP contribution in [0, 0.1) is 9.49 Å². The summed E-state index contributed by atoms with van der Waals surface area (Å²) in [6, 6.07) is 7.09. The summed E-state index contributed by atoms with van der Waals surface area (Å²) < 4.78 is 2.54. The van der Waals surface area contributed by atoms with Crippen molar-refractivity contribution in [2.75, 3.05) is 7.05 Å². The first kappa shape index (κ1) is 11.9. The van der Waals surface area contributed by atoms with Crippen molar-refractivity contribution >= 4 is 38.5 Å². The van der Waals surface area contributed by atoms with Crippen LogP contribution >= 0.6 is 38.5 Å². The third-order valence-electron chi connectivity index (χ3n) is 3.23. The molecule has 0 aromatic heterocycles. The SMILES string of the molecule is CNC(c1cc(I)ccc1Br)C1CCC1. The monoisotopic (exact) mass is 379 g/mol. The number of nitrogens with one attached hydrogen (secondary N) is 1. The molecular formula is C12H15BrIN. The Labute approximate surface area is 113 Å². The zero-order chi connectivity index (χ0) is 10.8. The zero-order valence-electron chi connectivity index (χ0n) is 8.76. The maximum atomic E-state index is 3.65. The van der Waals surface area contributed by atoms with Crippen molar-refractivity contribution in [3.05, 3.63) is 31.8 Å². The van der Waals surface area contributed by atoms with Crippen molar-refractivity contribution in [3.63, 3.8) is 0 Å². The van der Waals surface area contributed by atoms with E-state index in [0.29, 0.717) is 6.04 Å². The van der Waals surface area contributed by atoms with Gasteiger partial charge in [-0.3, -0.25) is 0 Å². The van der Waals surface area contributed by atoms with E-state index in [1.807, 2.05) is 0 Å². The summed E-state index contributed by atoms with van der Waals surface area (Å²) in [6.07, 6.45) is 4.12. The molecule has 1 aliphatic rings. The summed E-state index contributed by atoms with van der Waals surface area (Å²) in [5.41, 5.74) is 1.41. The first-order valence-electron chi connectivity index (χ1n) is 5.34. The molecule has 1 saturated carbocycles. The third kappa shape index (κ3) is 2.56. The van der Waals surface area contributed by atoms with E-state index in [4.69, 9.17) is 0 Å². The molecule has 1 nitrogen and oxygen atoms in total. The van der Waals surface area contributed by atoms with Gasteiger partial charge in [-0.2, -0.15) is 0 Å². The van der Waals surface area contributed by atoms with Crippen molar-refractivity contribution in [1.29, 1.82) is 0 Å². The molecule has 15 heavy (non-hydrogen) atoms. The minimum atomic E-state index is 0.517. The van der Waals surface area contributed by atoms with Crippen molar-refractivity contribution < 1.29 is 0 Å². The Kier molecular flexibility index (Phi) is 4.07. The smallest absolute Gasteiger partial charge is 0.0357 e. The van der Waals surface area contributed by atoms with E-state index in [1.165, 1.54) is 32.9 Å². The molecule has 0 saturated heterocycles. The van der Waals surface area contributed by atoms with Crippen LogP contribution < -0.4 is 5.32 Å². The van der Waals surface area contributed by atoms with Crippen LogP contribution in [-0.2, 0) is 0 Å². The molecule has 2 rings (SSSR count). The van der Waals surface area contributed by atoms with Gasteiger partial charge >= 0.3 is 0 Å². The number of hydrogen-bond acceptors (Lipinski definition) is 1. The topological polar surface area (TPSA) is 12.0 Å². The molecule has 1 N–H and O–H groups in total. The molecule has 1 fully saturated rings. The Hall–Kier alpha value is 0.390. The van der Waals surface area contributed by atoms with E-state index in [2.05, 4.69) is 69.1 Å². The molecule has 1 unspecified atom stereocenters. The molecule has 1 aliphatic carbocycles. The van der Waals surface area contributed by atoms with Gasteiger partial charge in [-0.1, -0.05) is 22.4 Å². The van der Waals surface area contributed by atoms with Gasteiger partial charge in [-0.15, -0.1) is 0 Å². The highest BCUT2D eigenvalue weighted by Gasteiger charge is 2.28. The summed E-state index contributed by atoms with van der Waals surface area (Å²) in [5.74, 6) is 0.824. The van der Waals surface area contributed by atoms with Crippen LogP contribution in [0.3, 0.4) is 0 Å². The predicted octanol–water partition coefficient (Wildman–Crippen LogP) is 4.11. The fourth-order valence-electron chi connectivity index (χ4n) is 2.17.